The van der Waals surface area contributed by atoms with Crippen LogP contribution in [-0.4, -0.2) is 75.6 Å². The van der Waals surface area contributed by atoms with Crippen LogP contribution in [0.2, 0.25) is 0 Å². The van der Waals surface area contributed by atoms with Gasteiger partial charge in [0, 0.05) is 42.9 Å². The fourth-order valence-corrected chi connectivity index (χ4v) is 6.33. The van der Waals surface area contributed by atoms with E-state index in [-0.39, 0.29) is 23.4 Å². The first-order valence-corrected chi connectivity index (χ1v) is 15.4. The monoisotopic (exact) mass is 638 g/mol. The van der Waals surface area contributed by atoms with E-state index in [2.05, 4.69) is 11.9 Å². The van der Waals surface area contributed by atoms with Gasteiger partial charge in [0.05, 0.1) is 21.3 Å². The molecule has 2 aliphatic heterocycles. The highest BCUT2D eigenvalue weighted by Crippen LogP contribution is 2.51. The van der Waals surface area contributed by atoms with E-state index in [1.165, 1.54) is 14.2 Å². The number of ether oxygens (including phenoxy) is 5. The van der Waals surface area contributed by atoms with E-state index in [9.17, 15) is 14.7 Å². The SMILES string of the molecule is COc1cc(C=O)ccc1Oc1ccc(C[C@H]2c3c(cc(O)c(OC)c3Oc3cc4c(cc3OC)CCN(C)C4=O)CCN2C)cc1. The molecule has 0 radical (unpaired) electrons. The molecule has 6 rings (SSSR count). The highest BCUT2D eigenvalue weighted by molar-refractivity contribution is 5.97. The minimum absolute atomic E-state index is 0.0182. The number of likely N-dealkylation sites (N-methyl/N-ethyl adjacent to an activating group) is 2. The molecule has 47 heavy (non-hydrogen) atoms. The van der Waals surface area contributed by atoms with Crippen molar-refractivity contribution in [3.05, 3.63) is 94.0 Å². The summed E-state index contributed by atoms with van der Waals surface area (Å²) in [5.74, 6) is 2.96. The Labute approximate surface area is 274 Å². The quantitative estimate of drug-likeness (QED) is 0.203. The second kappa shape index (κ2) is 13.3. The number of fused-ring (bicyclic) bond motifs is 2. The zero-order valence-corrected chi connectivity index (χ0v) is 27.2. The Balaban J connectivity index is 1.34. The van der Waals surface area contributed by atoms with Crippen molar-refractivity contribution in [1.82, 2.24) is 9.80 Å². The second-order valence-electron chi connectivity index (χ2n) is 11.8. The Morgan fingerprint density at radius 3 is 2.21 bits per heavy atom. The molecule has 0 saturated carbocycles. The van der Waals surface area contributed by atoms with E-state index < -0.39 is 0 Å². The van der Waals surface area contributed by atoms with Gasteiger partial charge in [-0.2, -0.15) is 0 Å². The Morgan fingerprint density at radius 1 is 0.787 bits per heavy atom. The van der Waals surface area contributed by atoms with Gasteiger partial charge in [0.15, 0.2) is 34.5 Å². The van der Waals surface area contributed by atoms with Crippen molar-refractivity contribution in [3.8, 4) is 46.0 Å². The van der Waals surface area contributed by atoms with Gasteiger partial charge in [-0.15, -0.1) is 0 Å². The van der Waals surface area contributed by atoms with Crippen molar-refractivity contribution in [3.63, 3.8) is 0 Å². The third-order valence-electron chi connectivity index (χ3n) is 8.94. The molecule has 0 saturated heterocycles. The lowest BCUT2D eigenvalue weighted by Gasteiger charge is -2.36. The highest BCUT2D eigenvalue weighted by atomic mass is 16.5. The number of carbonyl (C=O) groups excluding carboxylic acids is 2. The van der Waals surface area contributed by atoms with E-state index >= 15 is 0 Å². The molecular formula is C37H38N2O8. The number of carbonyl (C=O) groups is 2. The Morgan fingerprint density at radius 2 is 1.51 bits per heavy atom. The number of aromatic hydroxyl groups is 1. The molecule has 1 atom stereocenters. The number of rotatable bonds is 10. The van der Waals surface area contributed by atoms with Gasteiger partial charge in [0.1, 0.15) is 12.0 Å². The van der Waals surface area contributed by atoms with E-state index in [4.69, 9.17) is 23.7 Å². The van der Waals surface area contributed by atoms with Gasteiger partial charge in [0.2, 0.25) is 5.75 Å². The molecule has 0 spiro atoms. The second-order valence-corrected chi connectivity index (χ2v) is 11.8. The van der Waals surface area contributed by atoms with Crippen LogP contribution in [0.15, 0.2) is 60.7 Å². The summed E-state index contributed by atoms with van der Waals surface area (Å²) in [5, 5.41) is 11.0. The van der Waals surface area contributed by atoms with Crippen molar-refractivity contribution < 1.29 is 38.4 Å². The molecule has 244 valence electrons. The lowest BCUT2D eigenvalue weighted by molar-refractivity contribution is 0.0780. The predicted octanol–water partition coefficient (Wildman–Crippen LogP) is 6.21. The fraction of sp³-hybridized carbons (Fsp3) is 0.297. The average molecular weight is 639 g/mol. The van der Waals surface area contributed by atoms with Crippen molar-refractivity contribution in [2.24, 2.45) is 0 Å². The summed E-state index contributed by atoms with van der Waals surface area (Å²) in [6.07, 6.45) is 2.82. The van der Waals surface area contributed by atoms with Crippen LogP contribution in [0.4, 0.5) is 0 Å². The standard InChI is InChI=1S/C37H38N2O8/c1-38-14-13-25-18-29(41)35(45-5)36(47-33-20-27-24(19-32(33)44-4)12-15-39(2)37(27)42)34(25)28(38)16-22-6-9-26(10-7-22)46-30-11-8-23(21-40)17-31(30)43-3/h6-11,17-21,28,41H,12-16H2,1-5H3/t28-/m0/s1. The summed E-state index contributed by atoms with van der Waals surface area (Å²) in [6, 6.07) is 18.0. The van der Waals surface area contributed by atoms with Crippen LogP contribution in [0.1, 0.15) is 49.0 Å². The highest BCUT2D eigenvalue weighted by Gasteiger charge is 2.34. The van der Waals surface area contributed by atoms with Crippen LogP contribution in [0.5, 0.6) is 46.0 Å². The summed E-state index contributed by atoms with van der Waals surface area (Å²) in [6.45, 7) is 1.41. The van der Waals surface area contributed by atoms with Crippen molar-refractivity contribution in [2.45, 2.75) is 25.3 Å². The van der Waals surface area contributed by atoms with Gasteiger partial charge in [-0.05, 0) is 91.5 Å². The predicted molar refractivity (Wildman–Crippen MR) is 176 cm³/mol. The normalized spacial score (nSPS) is 15.8. The van der Waals surface area contributed by atoms with Gasteiger partial charge in [-0.1, -0.05) is 12.1 Å². The minimum Gasteiger partial charge on any atom is -0.504 e. The number of hydrogen-bond donors (Lipinski definition) is 1. The lowest BCUT2D eigenvalue weighted by Crippen LogP contribution is -2.34. The van der Waals surface area contributed by atoms with Crippen LogP contribution in [0.25, 0.3) is 0 Å². The van der Waals surface area contributed by atoms with Gasteiger partial charge >= 0.3 is 0 Å². The molecule has 1 amide bonds. The fourth-order valence-electron chi connectivity index (χ4n) is 6.33. The molecule has 2 heterocycles. The van der Waals surface area contributed by atoms with Crippen LogP contribution >= 0.6 is 0 Å². The molecule has 0 bridgehead atoms. The molecule has 10 heteroatoms. The lowest BCUT2D eigenvalue weighted by atomic mass is 9.87. The molecule has 1 N–H and O–H groups in total. The number of phenols is 1. The van der Waals surface area contributed by atoms with E-state index in [0.29, 0.717) is 65.0 Å². The molecule has 2 aliphatic rings. The van der Waals surface area contributed by atoms with Crippen LogP contribution in [0.3, 0.4) is 0 Å². The minimum atomic E-state index is -0.123. The van der Waals surface area contributed by atoms with Crippen molar-refractivity contribution >= 4 is 12.2 Å². The maximum atomic E-state index is 13.0. The summed E-state index contributed by atoms with van der Waals surface area (Å²) in [7, 11) is 8.45. The Kier molecular flexibility index (Phi) is 8.95. The van der Waals surface area contributed by atoms with Crippen LogP contribution in [-0.2, 0) is 19.3 Å². The van der Waals surface area contributed by atoms with Crippen LogP contribution < -0.4 is 23.7 Å². The Bertz CT molecular complexity index is 1820. The summed E-state index contributed by atoms with van der Waals surface area (Å²) < 4.78 is 29.5. The maximum absolute atomic E-state index is 13.0. The molecule has 0 aromatic heterocycles. The maximum Gasteiger partial charge on any atom is 0.254 e. The number of hydrogen-bond acceptors (Lipinski definition) is 9. The smallest absolute Gasteiger partial charge is 0.254 e. The number of nitrogens with zero attached hydrogens (tertiary/aromatic N) is 2. The number of phenolic OH excluding ortho intramolecular Hbond substituents is 1. The molecule has 0 aliphatic carbocycles. The number of amides is 1. The number of methoxy groups -OCH3 is 3. The van der Waals surface area contributed by atoms with Crippen molar-refractivity contribution in [2.75, 3.05) is 48.5 Å². The van der Waals surface area contributed by atoms with Gasteiger partial charge in [-0.3, -0.25) is 14.5 Å². The summed E-state index contributed by atoms with van der Waals surface area (Å²) in [5.41, 5.74) is 4.89. The number of benzene rings is 4. The first-order chi connectivity index (χ1) is 22.7. The van der Waals surface area contributed by atoms with E-state index in [1.54, 1.807) is 49.4 Å². The van der Waals surface area contributed by atoms with E-state index in [1.807, 2.05) is 30.3 Å². The third kappa shape index (κ3) is 6.16. The molecule has 0 unspecified atom stereocenters. The topological polar surface area (TPSA) is 107 Å². The third-order valence-corrected chi connectivity index (χ3v) is 8.94. The Hall–Kier alpha value is -5.22. The van der Waals surface area contributed by atoms with E-state index in [0.717, 1.165) is 41.5 Å². The summed E-state index contributed by atoms with van der Waals surface area (Å²) in [4.78, 5) is 28.2. The zero-order chi connectivity index (χ0) is 33.2. The molecule has 0 fully saturated rings. The van der Waals surface area contributed by atoms with Gasteiger partial charge < -0.3 is 33.7 Å². The largest absolute Gasteiger partial charge is 0.504 e. The van der Waals surface area contributed by atoms with Gasteiger partial charge in [0.25, 0.3) is 5.91 Å². The van der Waals surface area contributed by atoms with Crippen LogP contribution in [0, 0.1) is 0 Å². The first kappa shape index (κ1) is 31.7. The van der Waals surface area contributed by atoms with Gasteiger partial charge in [-0.25, -0.2) is 0 Å². The first-order valence-electron chi connectivity index (χ1n) is 15.4. The average Bonchev–Trinajstić information content (AvgIpc) is 3.08. The molecule has 4 aromatic carbocycles. The van der Waals surface area contributed by atoms with Crippen molar-refractivity contribution in [1.29, 1.82) is 0 Å². The molecule has 4 aromatic rings. The molecule has 10 nitrogen and oxygen atoms in total. The zero-order valence-electron chi connectivity index (χ0n) is 27.2. The summed E-state index contributed by atoms with van der Waals surface area (Å²) >= 11 is 0. The molecular weight excluding hydrogens is 600 g/mol. The number of aldehydes is 1.